The Balaban J connectivity index is 2.51. The Morgan fingerprint density at radius 1 is 1.56 bits per heavy atom. The van der Waals surface area contributed by atoms with Crippen LogP contribution >= 0.6 is 11.3 Å². The third-order valence-corrected chi connectivity index (χ3v) is 3.56. The van der Waals surface area contributed by atoms with Gasteiger partial charge in [0.2, 0.25) is 5.91 Å². The van der Waals surface area contributed by atoms with E-state index in [0.29, 0.717) is 0 Å². The van der Waals surface area contributed by atoms with Crippen molar-refractivity contribution < 1.29 is 4.79 Å². The van der Waals surface area contributed by atoms with Gasteiger partial charge in [0.05, 0.1) is 0 Å². The number of carbonyl (C=O) groups is 1. The molecule has 2 unspecified atom stereocenters. The van der Waals surface area contributed by atoms with Gasteiger partial charge in [-0.05, 0) is 24.3 Å². The minimum atomic E-state index is -0.522. The zero-order valence-corrected chi connectivity index (χ0v) is 10.7. The maximum atomic E-state index is 11.9. The summed E-state index contributed by atoms with van der Waals surface area (Å²) in [4.78, 5) is 12.8. The first-order valence-electron chi connectivity index (χ1n) is 5.78. The lowest BCUT2D eigenvalue weighted by atomic mass is 10.1. The fourth-order valence-corrected chi connectivity index (χ4v) is 2.34. The molecule has 0 saturated heterocycles. The summed E-state index contributed by atoms with van der Waals surface area (Å²) in [6.07, 6.45) is 3.04. The largest absolute Gasteiger partial charge is 0.352 e. The molecule has 0 aliphatic rings. The van der Waals surface area contributed by atoms with E-state index in [4.69, 9.17) is 5.73 Å². The molecule has 1 rings (SSSR count). The van der Waals surface area contributed by atoms with E-state index in [-0.39, 0.29) is 11.9 Å². The lowest BCUT2D eigenvalue weighted by molar-refractivity contribution is -0.123. The highest BCUT2D eigenvalue weighted by molar-refractivity contribution is 7.10. The summed E-state index contributed by atoms with van der Waals surface area (Å²) in [5, 5.41) is 4.93. The number of carbonyl (C=O) groups excluding carboxylic acids is 1. The zero-order chi connectivity index (χ0) is 12.0. The van der Waals surface area contributed by atoms with Gasteiger partial charge in [0.1, 0.15) is 6.04 Å². The minimum Gasteiger partial charge on any atom is -0.352 e. The fraction of sp³-hybridized carbons (Fsp3) is 0.583. The Morgan fingerprint density at radius 3 is 2.81 bits per heavy atom. The maximum Gasteiger partial charge on any atom is 0.242 e. The summed E-state index contributed by atoms with van der Waals surface area (Å²) < 4.78 is 0. The van der Waals surface area contributed by atoms with Crippen LogP contribution in [0.4, 0.5) is 0 Å². The first kappa shape index (κ1) is 13.2. The number of hydrogen-bond donors (Lipinski definition) is 2. The van der Waals surface area contributed by atoms with Crippen LogP contribution in [0.15, 0.2) is 17.5 Å². The van der Waals surface area contributed by atoms with E-state index >= 15 is 0 Å². The second kappa shape index (κ2) is 6.66. The highest BCUT2D eigenvalue weighted by Gasteiger charge is 2.18. The molecule has 0 bridgehead atoms. The van der Waals surface area contributed by atoms with Crippen molar-refractivity contribution >= 4 is 17.2 Å². The summed E-state index contributed by atoms with van der Waals surface area (Å²) in [6.45, 7) is 4.20. The third kappa shape index (κ3) is 3.61. The van der Waals surface area contributed by atoms with E-state index in [1.54, 1.807) is 0 Å². The quantitative estimate of drug-likeness (QED) is 0.802. The van der Waals surface area contributed by atoms with Crippen LogP contribution in [0.2, 0.25) is 0 Å². The minimum absolute atomic E-state index is 0.0669. The summed E-state index contributed by atoms with van der Waals surface area (Å²) in [7, 11) is 0. The van der Waals surface area contributed by atoms with Crippen LogP contribution in [0.3, 0.4) is 0 Å². The van der Waals surface area contributed by atoms with Crippen molar-refractivity contribution in [3.63, 3.8) is 0 Å². The molecule has 16 heavy (non-hydrogen) atoms. The molecule has 3 nitrogen and oxygen atoms in total. The van der Waals surface area contributed by atoms with Crippen LogP contribution in [0.1, 0.15) is 44.0 Å². The Morgan fingerprint density at radius 2 is 2.31 bits per heavy atom. The molecule has 4 heteroatoms. The van der Waals surface area contributed by atoms with E-state index < -0.39 is 6.04 Å². The van der Waals surface area contributed by atoms with Gasteiger partial charge in [0, 0.05) is 10.9 Å². The van der Waals surface area contributed by atoms with Gasteiger partial charge >= 0.3 is 0 Å². The average Bonchev–Trinajstić information content (AvgIpc) is 2.80. The van der Waals surface area contributed by atoms with Gasteiger partial charge in [-0.2, -0.15) is 0 Å². The number of rotatable bonds is 6. The zero-order valence-electron chi connectivity index (χ0n) is 9.90. The van der Waals surface area contributed by atoms with E-state index in [1.165, 1.54) is 11.3 Å². The van der Waals surface area contributed by atoms with Gasteiger partial charge in [-0.25, -0.2) is 0 Å². The summed E-state index contributed by atoms with van der Waals surface area (Å²) in [5.41, 5.74) is 5.88. The van der Waals surface area contributed by atoms with Crippen molar-refractivity contribution in [1.29, 1.82) is 0 Å². The molecule has 1 amide bonds. The molecule has 3 N–H and O–H groups in total. The Bertz CT molecular complexity index is 311. The van der Waals surface area contributed by atoms with Crippen LogP contribution in [-0.4, -0.2) is 11.9 Å². The number of thiophene rings is 1. The Hall–Kier alpha value is -0.870. The second-order valence-corrected chi connectivity index (χ2v) is 4.87. The van der Waals surface area contributed by atoms with Gasteiger partial charge in [-0.15, -0.1) is 11.3 Å². The van der Waals surface area contributed by atoms with Gasteiger partial charge in [-0.1, -0.05) is 26.3 Å². The highest BCUT2D eigenvalue weighted by Crippen LogP contribution is 2.17. The number of hydrogen-bond acceptors (Lipinski definition) is 3. The first-order valence-corrected chi connectivity index (χ1v) is 6.66. The van der Waals surface area contributed by atoms with Crippen LogP contribution in [0, 0.1) is 0 Å². The molecule has 0 radical (unpaired) electrons. The number of nitrogens with one attached hydrogen (secondary N) is 1. The molecular weight excluding hydrogens is 220 g/mol. The van der Waals surface area contributed by atoms with Crippen LogP contribution in [0.25, 0.3) is 0 Å². The smallest absolute Gasteiger partial charge is 0.242 e. The Labute approximate surface area is 101 Å². The van der Waals surface area contributed by atoms with Crippen LogP contribution < -0.4 is 11.1 Å². The van der Waals surface area contributed by atoms with Crippen molar-refractivity contribution in [2.45, 2.75) is 45.2 Å². The molecule has 1 heterocycles. The van der Waals surface area contributed by atoms with Crippen molar-refractivity contribution in [3.8, 4) is 0 Å². The van der Waals surface area contributed by atoms with E-state index in [1.807, 2.05) is 17.5 Å². The molecule has 0 fully saturated rings. The van der Waals surface area contributed by atoms with Gasteiger partial charge < -0.3 is 11.1 Å². The highest BCUT2D eigenvalue weighted by atomic mass is 32.1. The molecule has 90 valence electrons. The van der Waals surface area contributed by atoms with Gasteiger partial charge in [0.15, 0.2) is 0 Å². The van der Waals surface area contributed by atoms with E-state index in [0.717, 1.165) is 24.1 Å². The Kier molecular flexibility index (Phi) is 5.49. The second-order valence-electron chi connectivity index (χ2n) is 3.90. The monoisotopic (exact) mass is 240 g/mol. The van der Waals surface area contributed by atoms with E-state index in [9.17, 15) is 4.79 Å². The standard InChI is InChI=1S/C12H20N2OS/c1-3-6-9(4-2)14-12(15)11(13)10-7-5-8-16-10/h5,7-9,11H,3-4,6,13H2,1-2H3,(H,14,15). The molecule has 0 aromatic carbocycles. The molecular formula is C12H20N2OS. The van der Waals surface area contributed by atoms with Crippen LogP contribution in [-0.2, 0) is 4.79 Å². The number of nitrogens with two attached hydrogens (primary N) is 1. The maximum absolute atomic E-state index is 11.9. The van der Waals surface area contributed by atoms with Crippen molar-refractivity contribution in [1.82, 2.24) is 5.32 Å². The van der Waals surface area contributed by atoms with Crippen molar-refractivity contribution in [2.24, 2.45) is 5.73 Å². The SMILES string of the molecule is CCCC(CC)NC(=O)C(N)c1cccs1. The summed E-state index contributed by atoms with van der Waals surface area (Å²) in [6, 6.07) is 3.54. The van der Waals surface area contributed by atoms with E-state index in [2.05, 4.69) is 19.2 Å². The topological polar surface area (TPSA) is 55.1 Å². The molecule has 0 aliphatic carbocycles. The molecule has 2 atom stereocenters. The first-order chi connectivity index (χ1) is 7.69. The molecule has 0 saturated carbocycles. The summed E-state index contributed by atoms with van der Waals surface area (Å²) >= 11 is 1.52. The molecule has 1 aromatic heterocycles. The van der Waals surface area contributed by atoms with Gasteiger partial charge in [0.25, 0.3) is 0 Å². The van der Waals surface area contributed by atoms with Crippen molar-refractivity contribution in [3.05, 3.63) is 22.4 Å². The van der Waals surface area contributed by atoms with Crippen molar-refractivity contribution in [2.75, 3.05) is 0 Å². The molecule has 1 aromatic rings. The summed E-state index contributed by atoms with van der Waals surface area (Å²) in [5.74, 6) is -0.0669. The predicted octanol–water partition coefficient (Wildman–Crippen LogP) is 2.44. The lowest BCUT2D eigenvalue weighted by Gasteiger charge is -2.18. The number of amides is 1. The molecule has 0 aliphatic heterocycles. The molecule has 0 spiro atoms. The van der Waals surface area contributed by atoms with Crippen LogP contribution in [0.5, 0.6) is 0 Å². The average molecular weight is 240 g/mol. The fourth-order valence-electron chi connectivity index (χ4n) is 1.62. The normalized spacial score (nSPS) is 14.4. The third-order valence-electron chi connectivity index (χ3n) is 2.61. The predicted molar refractivity (Wildman–Crippen MR) is 68.4 cm³/mol. The lowest BCUT2D eigenvalue weighted by Crippen LogP contribution is -2.40. The van der Waals surface area contributed by atoms with Gasteiger partial charge in [-0.3, -0.25) is 4.79 Å².